The topological polar surface area (TPSA) is 111 Å². The van der Waals surface area contributed by atoms with E-state index in [1.165, 1.54) is 24.3 Å². The lowest BCUT2D eigenvalue weighted by Gasteiger charge is -2.12. The van der Waals surface area contributed by atoms with Gasteiger partial charge in [0.15, 0.2) is 17.7 Å². The van der Waals surface area contributed by atoms with Crippen LogP contribution in [-0.2, 0) is 14.8 Å². The molecule has 0 aliphatic heterocycles. The van der Waals surface area contributed by atoms with Crippen molar-refractivity contribution >= 4 is 21.7 Å². The second kappa shape index (κ2) is 9.63. The van der Waals surface area contributed by atoms with E-state index in [1.807, 2.05) is 31.2 Å². The van der Waals surface area contributed by atoms with E-state index in [4.69, 9.17) is 9.15 Å². The van der Waals surface area contributed by atoms with Gasteiger partial charge < -0.3 is 9.15 Å². The number of nitrogens with zero attached hydrogens (tertiary/aromatic N) is 2. The minimum atomic E-state index is -4.23. The smallest absolute Gasteiger partial charge is 0.338 e. The number of hydrogen-bond donors (Lipinski definition) is 1. The lowest BCUT2D eigenvalue weighted by atomic mass is 10.1. The number of benzene rings is 3. The summed E-state index contributed by atoms with van der Waals surface area (Å²) in [6, 6.07) is 15.2. The summed E-state index contributed by atoms with van der Waals surface area (Å²) in [6.07, 6.45) is -0.878. The average molecular weight is 499 g/mol. The highest BCUT2D eigenvalue weighted by molar-refractivity contribution is 7.92. The van der Waals surface area contributed by atoms with Gasteiger partial charge in [0.05, 0.1) is 10.5 Å². The molecule has 8 nitrogen and oxygen atoms in total. The molecule has 1 unspecified atom stereocenters. The first-order valence-electron chi connectivity index (χ1n) is 10.3. The standard InChI is InChI=1S/C24H19F2N3O5S/c1-14-6-8-16(9-7-14)23-28-27-22(34-23)15(2)33-24(30)17-4-3-5-18(12-17)29-35(31,32)19-10-11-20(25)21(26)13-19/h3-13,15,29H,1-2H3. The largest absolute Gasteiger partial charge is 0.449 e. The number of anilines is 1. The fraction of sp³-hybridized carbons (Fsp3) is 0.125. The zero-order valence-electron chi connectivity index (χ0n) is 18.5. The molecule has 0 bridgehead atoms. The van der Waals surface area contributed by atoms with Crippen LogP contribution in [0, 0.1) is 18.6 Å². The number of aromatic nitrogens is 2. The van der Waals surface area contributed by atoms with Gasteiger partial charge in [-0.15, -0.1) is 10.2 Å². The summed E-state index contributed by atoms with van der Waals surface area (Å²) in [5.41, 5.74) is 1.86. The van der Waals surface area contributed by atoms with Gasteiger partial charge in [-0.25, -0.2) is 22.0 Å². The maximum absolute atomic E-state index is 13.4. The summed E-state index contributed by atoms with van der Waals surface area (Å²) in [6.45, 7) is 3.51. The van der Waals surface area contributed by atoms with Crippen molar-refractivity contribution in [1.82, 2.24) is 10.2 Å². The van der Waals surface area contributed by atoms with Crippen LogP contribution < -0.4 is 4.72 Å². The number of esters is 1. The predicted octanol–water partition coefficient (Wildman–Crippen LogP) is 5.04. The van der Waals surface area contributed by atoms with Crippen molar-refractivity contribution < 1.29 is 31.1 Å². The van der Waals surface area contributed by atoms with Crippen LogP contribution in [0.5, 0.6) is 0 Å². The van der Waals surface area contributed by atoms with Crippen molar-refractivity contribution in [2.45, 2.75) is 24.8 Å². The minimum absolute atomic E-state index is 0.0243. The molecule has 11 heteroatoms. The molecule has 4 aromatic rings. The number of ether oxygens (including phenoxy) is 1. The molecule has 0 fully saturated rings. The third kappa shape index (κ3) is 5.52. The first-order valence-corrected chi connectivity index (χ1v) is 11.8. The number of aryl methyl sites for hydroxylation is 1. The van der Waals surface area contributed by atoms with Gasteiger partial charge in [0.25, 0.3) is 15.9 Å². The normalized spacial score (nSPS) is 12.2. The van der Waals surface area contributed by atoms with Crippen LogP contribution in [0.4, 0.5) is 14.5 Å². The van der Waals surface area contributed by atoms with E-state index in [-0.39, 0.29) is 23.0 Å². The number of carbonyl (C=O) groups is 1. The second-order valence-corrected chi connectivity index (χ2v) is 9.30. The highest BCUT2D eigenvalue weighted by Gasteiger charge is 2.21. The van der Waals surface area contributed by atoms with Crippen LogP contribution in [0.3, 0.4) is 0 Å². The highest BCUT2D eigenvalue weighted by atomic mass is 32.2. The molecule has 0 aliphatic rings. The van der Waals surface area contributed by atoms with E-state index in [0.717, 1.165) is 11.6 Å². The monoisotopic (exact) mass is 499 g/mol. The lowest BCUT2D eigenvalue weighted by Crippen LogP contribution is -2.14. The summed E-state index contributed by atoms with van der Waals surface area (Å²) in [4.78, 5) is 12.2. The Balaban J connectivity index is 1.46. The van der Waals surface area contributed by atoms with Crippen LogP contribution in [-0.4, -0.2) is 24.6 Å². The third-order valence-corrected chi connectivity index (χ3v) is 6.30. The van der Waals surface area contributed by atoms with Crippen molar-refractivity contribution in [1.29, 1.82) is 0 Å². The Bertz CT molecular complexity index is 1490. The van der Waals surface area contributed by atoms with Crippen LogP contribution in [0.2, 0.25) is 0 Å². The van der Waals surface area contributed by atoms with E-state index in [9.17, 15) is 22.0 Å². The number of nitrogens with one attached hydrogen (secondary N) is 1. The Morgan fingerprint density at radius 2 is 1.74 bits per heavy atom. The number of hydrogen-bond acceptors (Lipinski definition) is 7. The van der Waals surface area contributed by atoms with E-state index in [2.05, 4.69) is 14.9 Å². The van der Waals surface area contributed by atoms with Crippen LogP contribution in [0.1, 0.15) is 34.8 Å². The average Bonchev–Trinajstić information content (AvgIpc) is 3.31. The predicted molar refractivity (Wildman–Crippen MR) is 122 cm³/mol. The molecule has 3 aromatic carbocycles. The Morgan fingerprint density at radius 1 is 1.00 bits per heavy atom. The number of carbonyl (C=O) groups excluding carboxylic acids is 1. The van der Waals surface area contributed by atoms with Gasteiger partial charge in [0.1, 0.15) is 0 Å². The third-order valence-electron chi connectivity index (χ3n) is 4.92. The highest BCUT2D eigenvalue weighted by Crippen LogP contribution is 2.24. The Kier molecular flexibility index (Phi) is 6.61. The Hall–Kier alpha value is -4.12. The van der Waals surface area contributed by atoms with Crippen molar-refractivity contribution in [2.75, 3.05) is 4.72 Å². The Labute approximate surface area is 199 Å². The molecule has 0 amide bonds. The summed E-state index contributed by atoms with van der Waals surface area (Å²) < 4.78 is 64.8. The van der Waals surface area contributed by atoms with Crippen molar-refractivity contribution in [3.8, 4) is 11.5 Å². The van der Waals surface area contributed by atoms with Gasteiger partial charge >= 0.3 is 5.97 Å². The van der Waals surface area contributed by atoms with Gasteiger partial charge in [0.2, 0.25) is 5.89 Å². The molecule has 1 heterocycles. The molecule has 0 spiro atoms. The first-order chi connectivity index (χ1) is 16.6. The van der Waals surface area contributed by atoms with Gasteiger partial charge in [-0.1, -0.05) is 23.8 Å². The van der Waals surface area contributed by atoms with Crippen molar-refractivity contribution in [3.63, 3.8) is 0 Å². The molecule has 0 saturated heterocycles. The molecule has 1 N–H and O–H groups in total. The van der Waals surface area contributed by atoms with E-state index < -0.39 is 38.6 Å². The van der Waals surface area contributed by atoms with Gasteiger partial charge in [-0.2, -0.15) is 0 Å². The molecule has 1 aromatic heterocycles. The fourth-order valence-electron chi connectivity index (χ4n) is 3.06. The van der Waals surface area contributed by atoms with E-state index >= 15 is 0 Å². The zero-order valence-corrected chi connectivity index (χ0v) is 19.3. The molecule has 35 heavy (non-hydrogen) atoms. The number of halogens is 2. The van der Waals surface area contributed by atoms with Gasteiger partial charge in [0, 0.05) is 11.3 Å². The molecular formula is C24H19F2N3O5S. The van der Waals surface area contributed by atoms with Crippen LogP contribution in [0.15, 0.2) is 76.0 Å². The summed E-state index contributed by atoms with van der Waals surface area (Å²) in [5, 5.41) is 7.91. The fourth-order valence-corrected chi connectivity index (χ4v) is 4.12. The Morgan fingerprint density at radius 3 is 2.46 bits per heavy atom. The van der Waals surface area contributed by atoms with Gasteiger partial charge in [-0.05, 0) is 62.4 Å². The number of sulfonamides is 1. The van der Waals surface area contributed by atoms with Crippen LogP contribution >= 0.6 is 0 Å². The SMILES string of the molecule is Cc1ccc(-c2nnc(C(C)OC(=O)c3cccc(NS(=O)(=O)c4ccc(F)c(F)c4)c3)o2)cc1. The minimum Gasteiger partial charge on any atom is -0.449 e. The molecule has 4 rings (SSSR count). The number of rotatable bonds is 7. The zero-order chi connectivity index (χ0) is 25.2. The molecule has 1 atom stereocenters. The molecular weight excluding hydrogens is 480 g/mol. The van der Waals surface area contributed by atoms with Crippen LogP contribution in [0.25, 0.3) is 11.5 Å². The summed E-state index contributed by atoms with van der Waals surface area (Å²) in [5.74, 6) is -2.87. The van der Waals surface area contributed by atoms with Crippen molar-refractivity contribution in [3.05, 3.63) is 95.4 Å². The first kappa shape index (κ1) is 24.0. The van der Waals surface area contributed by atoms with E-state index in [1.54, 1.807) is 6.92 Å². The van der Waals surface area contributed by atoms with E-state index in [0.29, 0.717) is 17.7 Å². The maximum atomic E-state index is 13.4. The molecule has 0 saturated carbocycles. The maximum Gasteiger partial charge on any atom is 0.338 e. The molecule has 180 valence electrons. The molecule has 0 aliphatic carbocycles. The second-order valence-electron chi connectivity index (χ2n) is 7.62. The van der Waals surface area contributed by atoms with Gasteiger partial charge in [-0.3, -0.25) is 4.72 Å². The van der Waals surface area contributed by atoms with Crippen molar-refractivity contribution in [2.24, 2.45) is 0 Å². The molecule has 0 radical (unpaired) electrons. The lowest BCUT2D eigenvalue weighted by molar-refractivity contribution is 0.0280. The summed E-state index contributed by atoms with van der Waals surface area (Å²) in [7, 11) is -4.23. The quantitative estimate of drug-likeness (QED) is 0.355. The summed E-state index contributed by atoms with van der Waals surface area (Å²) >= 11 is 0.